The van der Waals surface area contributed by atoms with Gasteiger partial charge in [0, 0.05) is 24.4 Å². The molecule has 1 unspecified atom stereocenters. The summed E-state index contributed by atoms with van der Waals surface area (Å²) in [6, 6.07) is 5.38. The summed E-state index contributed by atoms with van der Waals surface area (Å²) in [4.78, 5) is 27.9. The van der Waals surface area contributed by atoms with E-state index in [0.29, 0.717) is 29.7 Å². The summed E-state index contributed by atoms with van der Waals surface area (Å²) in [6.07, 6.45) is 0.178. The maximum absolute atomic E-state index is 12.4. The molecule has 0 radical (unpaired) electrons. The smallest absolute Gasteiger partial charge is 0.303 e. The van der Waals surface area contributed by atoms with Crippen LogP contribution in [0.5, 0.6) is 0 Å². The van der Waals surface area contributed by atoms with Crippen molar-refractivity contribution >= 4 is 32.8 Å². The molecule has 0 spiro atoms. The van der Waals surface area contributed by atoms with E-state index in [4.69, 9.17) is 4.74 Å². The van der Waals surface area contributed by atoms with Gasteiger partial charge in [0.05, 0.1) is 10.9 Å². The van der Waals surface area contributed by atoms with Gasteiger partial charge < -0.3 is 4.74 Å². The first-order valence-electron chi connectivity index (χ1n) is 5.93. The second-order valence-electron chi connectivity index (χ2n) is 4.48. The van der Waals surface area contributed by atoms with Gasteiger partial charge in [-0.05, 0) is 18.2 Å². The van der Waals surface area contributed by atoms with Crippen molar-refractivity contribution in [2.24, 2.45) is 0 Å². The number of carbonyl (C=O) groups excluding carboxylic acids is 1. The lowest BCUT2D eigenvalue weighted by Crippen LogP contribution is -2.22. The predicted molar refractivity (Wildman–Crippen MR) is 72.8 cm³/mol. The molecule has 1 aromatic heterocycles. The molecule has 6 heteroatoms. The summed E-state index contributed by atoms with van der Waals surface area (Å²) in [7, 11) is 0. The van der Waals surface area contributed by atoms with Gasteiger partial charge >= 0.3 is 5.97 Å². The van der Waals surface area contributed by atoms with Gasteiger partial charge in [0.2, 0.25) is 0 Å². The fraction of sp³-hybridized carbons (Fsp3) is 0.308. The molecule has 1 atom stereocenters. The number of carbonyl (C=O) groups is 1. The van der Waals surface area contributed by atoms with E-state index in [0.717, 1.165) is 4.47 Å². The molecule has 0 saturated carbocycles. The highest BCUT2D eigenvalue weighted by molar-refractivity contribution is 9.10. The molecule has 0 fully saturated rings. The molecule has 2 aromatic rings. The maximum atomic E-state index is 12.4. The first kappa shape index (κ1) is 12.3. The molecule has 0 saturated heterocycles. The average molecular weight is 323 g/mol. The molecule has 0 aliphatic carbocycles. The highest BCUT2D eigenvalue weighted by Gasteiger charge is 2.28. The van der Waals surface area contributed by atoms with Crippen molar-refractivity contribution in [2.45, 2.75) is 26.0 Å². The molecule has 19 heavy (non-hydrogen) atoms. The third-order valence-electron chi connectivity index (χ3n) is 3.16. The van der Waals surface area contributed by atoms with Gasteiger partial charge in [0.25, 0.3) is 5.56 Å². The first-order valence-corrected chi connectivity index (χ1v) is 6.73. The normalized spacial score (nSPS) is 17.5. The molecule has 1 aliphatic rings. The quantitative estimate of drug-likeness (QED) is 0.755. The summed E-state index contributed by atoms with van der Waals surface area (Å²) < 4.78 is 7.62. The van der Waals surface area contributed by atoms with Crippen molar-refractivity contribution in [1.82, 2.24) is 9.55 Å². The van der Waals surface area contributed by atoms with Crippen molar-refractivity contribution in [3.63, 3.8) is 0 Å². The Balaban J connectivity index is 2.21. The monoisotopic (exact) mass is 322 g/mol. The average Bonchev–Trinajstić information content (AvgIpc) is 2.73. The van der Waals surface area contributed by atoms with Crippen LogP contribution in [0.4, 0.5) is 0 Å². The van der Waals surface area contributed by atoms with E-state index < -0.39 is 6.10 Å². The number of nitrogens with zero attached hydrogens (tertiary/aromatic N) is 2. The molecule has 98 valence electrons. The third kappa shape index (κ3) is 2.06. The third-order valence-corrected chi connectivity index (χ3v) is 3.65. The van der Waals surface area contributed by atoms with Gasteiger partial charge in [0.1, 0.15) is 0 Å². The van der Waals surface area contributed by atoms with Crippen LogP contribution in [0.1, 0.15) is 25.3 Å². The lowest BCUT2D eigenvalue weighted by molar-refractivity contribution is -0.146. The minimum absolute atomic E-state index is 0.0871. The number of ether oxygens (including phenoxy) is 1. The summed E-state index contributed by atoms with van der Waals surface area (Å²) in [6.45, 7) is 1.89. The topological polar surface area (TPSA) is 61.2 Å². The molecule has 5 nitrogen and oxygen atoms in total. The molecule has 0 amide bonds. The van der Waals surface area contributed by atoms with Gasteiger partial charge in [-0.1, -0.05) is 15.9 Å². The van der Waals surface area contributed by atoms with Gasteiger partial charge in [-0.25, -0.2) is 4.98 Å². The minimum atomic E-state index is -0.418. The van der Waals surface area contributed by atoms with Crippen molar-refractivity contribution in [1.29, 1.82) is 0 Å². The SMILES string of the molecule is CC(=O)OC1CCn2c1nc1ccc(Br)cc1c2=O. The Morgan fingerprint density at radius 2 is 2.32 bits per heavy atom. The Hall–Kier alpha value is -1.69. The molecule has 2 heterocycles. The molecular formula is C13H11BrN2O3. The van der Waals surface area contributed by atoms with Crippen LogP contribution in [0.3, 0.4) is 0 Å². The predicted octanol–water partition coefficient (Wildman–Crippen LogP) is 2.17. The van der Waals surface area contributed by atoms with Crippen LogP contribution >= 0.6 is 15.9 Å². The molecular weight excluding hydrogens is 312 g/mol. The lowest BCUT2D eigenvalue weighted by Gasteiger charge is -2.11. The van der Waals surface area contributed by atoms with Crippen LogP contribution in [0, 0.1) is 0 Å². The highest BCUT2D eigenvalue weighted by Crippen LogP contribution is 2.28. The van der Waals surface area contributed by atoms with Crippen molar-refractivity contribution in [3.8, 4) is 0 Å². The van der Waals surface area contributed by atoms with Crippen LogP contribution < -0.4 is 5.56 Å². The standard InChI is InChI=1S/C13H11BrN2O3/c1-7(17)19-11-4-5-16-12(11)15-10-3-2-8(14)6-9(10)13(16)18/h2-3,6,11H,4-5H2,1H3. The number of fused-ring (bicyclic) bond motifs is 2. The lowest BCUT2D eigenvalue weighted by atomic mass is 10.2. The Bertz CT molecular complexity index is 738. The zero-order valence-corrected chi connectivity index (χ0v) is 11.8. The van der Waals surface area contributed by atoms with Crippen molar-refractivity contribution in [3.05, 3.63) is 38.9 Å². The van der Waals surface area contributed by atoms with Crippen LogP contribution in [0.15, 0.2) is 27.5 Å². The van der Waals surface area contributed by atoms with E-state index in [-0.39, 0.29) is 11.5 Å². The Morgan fingerprint density at radius 3 is 3.05 bits per heavy atom. The number of hydrogen-bond acceptors (Lipinski definition) is 4. The van der Waals surface area contributed by atoms with Crippen molar-refractivity contribution in [2.75, 3.05) is 0 Å². The second kappa shape index (κ2) is 4.45. The molecule has 1 aromatic carbocycles. The molecule has 1 aliphatic heterocycles. The number of aromatic nitrogens is 2. The summed E-state index contributed by atoms with van der Waals surface area (Å²) >= 11 is 3.35. The zero-order chi connectivity index (χ0) is 13.6. The minimum Gasteiger partial charge on any atom is -0.454 e. The second-order valence-corrected chi connectivity index (χ2v) is 5.39. The van der Waals surface area contributed by atoms with Crippen LogP contribution in [-0.4, -0.2) is 15.5 Å². The summed E-state index contributed by atoms with van der Waals surface area (Å²) in [5.41, 5.74) is 0.537. The molecule has 0 bridgehead atoms. The van der Waals surface area contributed by atoms with Gasteiger partial charge in [-0.15, -0.1) is 0 Å². The van der Waals surface area contributed by atoms with Gasteiger partial charge in [0.15, 0.2) is 11.9 Å². The number of esters is 1. The van der Waals surface area contributed by atoms with Crippen LogP contribution in [0.2, 0.25) is 0 Å². The number of benzene rings is 1. The van der Waals surface area contributed by atoms with Crippen LogP contribution in [-0.2, 0) is 16.1 Å². The van der Waals surface area contributed by atoms with Crippen molar-refractivity contribution < 1.29 is 9.53 Å². The largest absolute Gasteiger partial charge is 0.454 e. The fourth-order valence-electron chi connectivity index (χ4n) is 2.36. The van der Waals surface area contributed by atoms with E-state index in [2.05, 4.69) is 20.9 Å². The van der Waals surface area contributed by atoms with E-state index in [1.165, 1.54) is 6.92 Å². The summed E-state index contributed by atoms with van der Waals surface area (Å²) in [5.74, 6) is 0.179. The Labute approximate surface area is 117 Å². The van der Waals surface area contributed by atoms with E-state index in [1.807, 2.05) is 6.07 Å². The molecule has 3 rings (SSSR count). The number of halogens is 1. The Kier molecular flexibility index (Phi) is 2.89. The van der Waals surface area contributed by atoms with Gasteiger partial charge in [-0.2, -0.15) is 0 Å². The fourth-order valence-corrected chi connectivity index (χ4v) is 2.72. The first-order chi connectivity index (χ1) is 9.06. The Morgan fingerprint density at radius 1 is 1.53 bits per heavy atom. The summed E-state index contributed by atoms with van der Waals surface area (Å²) in [5, 5.41) is 0.571. The maximum Gasteiger partial charge on any atom is 0.303 e. The van der Waals surface area contributed by atoms with Crippen LogP contribution in [0.25, 0.3) is 10.9 Å². The van der Waals surface area contributed by atoms with Gasteiger partial charge in [-0.3, -0.25) is 14.2 Å². The van der Waals surface area contributed by atoms with E-state index in [9.17, 15) is 9.59 Å². The zero-order valence-electron chi connectivity index (χ0n) is 10.2. The number of hydrogen-bond donors (Lipinski definition) is 0. The van der Waals surface area contributed by atoms with E-state index >= 15 is 0 Å². The highest BCUT2D eigenvalue weighted by atomic mass is 79.9. The van der Waals surface area contributed by atoms with E-state index in [1.54, 1.807) is 16.7 Å². The molecule has 0 N–H and O–H groups in total. The number of rotatable bonds is 1.